The Kier molecular flexibility index (Phi) is 8.50. The lowest BCUT2D eigenvalue weighted by molar-refractivity contribution is -0.384. The molecule has 0 saturated heterocycles. The Morgan fingerprint density at radius 3 is 2.37 bits per heavy atom. The van der Waals surface area contributed by atoms with Crippen LogP contribution in [0.4, 0.5) is 5.69 Å². The van der Waals surface area contributed by atoms with Gasteiger partial charge < -0.3 is 9.47 Å². The molecule has 3 N–H and O–H groups in total. The van der Waals surface area contributed by atoms with E-state index in [4.69, 9.17) is 21.7 Å². The van der Waals surface area contributed by atoms with Gasteiger partial charge in [-0.25, -0.2) is 0 Å². The van der Waals surface area contributed by atoms with Gasteiger partial charge in [-0.05, 0) is 64.9 Å². The van der Waals surface area contributed by atoms with E-state index < -0.39 is 16.7 Å². The van der Waals surface area contributed by atoms with Gasteiger partial charge >= 0.3 is 0 Å². The molecule has 0 fully saturated rings. The number of nitro groups is 1. The molecule has 0 spiro atoms. The average molecular weight is 497 g/mol. The van der Waals surface area contributed by atoms with Gasteiger partial charge in [0.2, 0.25) is 0 Å². The summed E-state index contributed by atoms with van der Waals surface area (Å²) in [4.78, 5) is 33.7. The first-order valence-electron chi connectivity index (χ1n) is 8.39. The highest BCUT2D eigenvalue weighted by Crippen LogP contribution is 2.25. The number of carbonyl (C=O) groups excluding carboxylic acids is 2. The molecular weight excluding hydrogens is 480 g/mol. The predicted octanol–water partition coefficient (Wildman–Crippen LogP) is 2.15. The van der Waals surface area contributed by atoms with E-state index in [0.29, 0.717) is 5.75 Å². The smallest absolute Gasteiger partial charge is 0.276 e. The summed E-state index contributed by atoms with van der Waals surface area (Å²) in [5.41, 5.74) is 5.56. The molecule has 0 aliphatic rings. The van der Waals surface area contributed by atoms with E-state index in [2.05, 4.69) is 32.1 Å². The van der Waals surface area contributed by atoms with Crippen LogP contribution in [0.2, 0.25) is 0 Å². The van der Waals surface area contributed by atoms with Gasteiger partial charge in [0.25, 0.3) is 17.5 Å². The first kappa shape index (κ1) is 23.0. The van der Waals surface area contributed by atoms with E-state index in [1.54, 1.807) is 6.07 Å². The number of hydrogen-bond donors (Lipinski definition) is 3. The molecule has 0 aliphatic heterocycles. The maximum absolute atomic E-state index is 11.9. The number of hydrogen-bond acceptors (Lipinski definition) is 7. The van der Waals surface area contributed by atoms with Gasteiger partial charge in [0, 0.05) is 12.1 Å². The van der Waals surface area contributed by atoms with Crippen molar-refractivity contribution in [2.24, 2.45) is 0 Å². The number of nitrogens with one attached hydrogen (secondary N) is 3. The van der Waals surface area contributed by atoms with Crippen molar-refractivity contribution in [2.45, 2.75) is 6.92 Å². The number of thiocarbonyl (C=S) groups is 1. The van der Waals surface area contributed by atoms with Crippen molar-refractivity contribution < 1.29 is 24.0 Å². The number of ether oxygens (including phenoxy) is 2. The van der Waals surface area contributed by atoms with Crippen LogP contribution < -0.4 is 25.6 Å². The zero-order chi connectivity index (χ0) is 22.1. The highest BCUT2D eigenvalue weighted by Gasteiger charge is 2.10. The minimum Gasteiger partial charge on any atom is -0.484 e. The molecule has 0 bridgehead atoms. The van der Waals surface area contributed by atoms with Gasteiger partial charge in [-0.2, -0.15) is 0 Å². The minimum absolute atomic E-state index is 0.0896. The molecule has 0 saturated carbocycles. The lowest BCUT2D eigenvalue weighted by atomic mass is 10.2. The second kappa shape index (κ2) is 11.1. The fourth-order valence-corrected chi connectivity index (χ4v) is 2.81. The number of nitrogens with zero attached hydrogens (tertiary/aromatic N) is 1. The zero-order valence-electron chi connectivity index (χ0n) is 15.6. The first-order chi connectivity index (χ1) is 14.2. The van der Waals surface area contributed by atoms with Crippen LogP contribution in [0.1, 0.15) is 5.56 Å². The van der Waals surface area contributed by atoms with Crippen molar-refractivity contribution >= 4 is 50.8 Å². The lowest BCUT2D eigenvalue weighted by Crippen LogP contribution is -2.50. The highest BCUT2D eigenvalue weighted by molar-refractivity contribution is 9.10. The molecule has 2 aromatic carbocycles. The number of rotatable bonds is 7. The Balaban J connectivity index is 1.67. The molecule has 0 aliphatic carbocycles. The van der Waals surface area contributed by atoms with Crippen LogP contribution in [0.5, 0.6) is 11.5 Å². The number of nitro benzene ring substituents is 1. The topological polar surface area (TPSA) is 132 Å². The SMILES string of the molecule is Cc1ccc(OCC(=O)NC(=S)NNC(=O)COc2ccc([N+](=O)[O-])cc2)c(Br)c1. The molecule has 0 heterocycles. The van der Waals surface area contributed by atoms with Crippen LogP contribution in [0.15, 0.2) is 46.9 Å². The van der Waals surface area contributed by atoms with Crippen molar-refractivity contribution in [3.63, 3.8) is 0 Å². The van der Waals surface area contributed by atoms with Crippen molar-refractivity contribution in [3.05, 3.63) is 62.6 Å². The van der Waals surface area contributed by atoms with Crippen molar-refractivity contribution in [1.82, 2.24) is 16.2 Å². The molecule has 0 unspecified atom stereocenters. The Bertz CT molecular complexity index is 954. The quantitative estimate of drug-likeness (QED) is 0.301. The molecular formula is C18H17BrN4O6S. The third-order valence-electron chi connectivity index (χ3n) is 3.43. The van der Waals surface area contributed by atoms with Crippen LogP contribution in [0.25, 0.3) is 0 Å². The number of carbonyl (C=O) groups is 2. The average Bonchev–Trinajstić information content (AvgIpc) is 2.70. The van der Waals surface area contributed by atoms with Gasteiger partial charge in [0.15, 0.2) is 18.3 Å². The van der Waals surface area contributed by atoms with Crippen molar-refractivity contribution in [2.75, 3.05) is 13.2 Å². The van der Waals surface area contributed by atoms with Crippen molar-refractivity contribution in [1.29, 1.82) is 0 Å². The predicted molar refractivity (Wildman–Crippen MR) is 115 cm³/mol. The highest BCUT2D eigenvalue weighted by atomic mass is 79.9. The van der Waals surface area contributed by atoms with Gasteiger partial charge in [-0.3, -0.25) is 35.9 Å². The largest absolute Gasteiger partial charge is 0.484 e. The summed E-state index contributed by atoms with van der Waals surface area (Å²) in [6.07, 6.45) is 0. The maximum atomic E-state index is 11.9. The number of halogens is 1. The molecule has 2 amide bonds. The number of hydrazine groups is 1. The van der Waals surface area contributed by atoms with E-state index in [1.165, 1.54) is 24.3 Å². The Morgan fingerprint density at radius 2 is 1.73 bits per heavy atom. The van der Waals surface area contributed by atoms with E-state index >= 15 is 0 Å². The Labute approximate surface area is 185 Å². The van der Waals surface area contributed by atoms with E-state index in [0.717, 1.165) is 10.0 Å². The van der Waals surface area contributed by atoms with Gasteiger partial charge in [0.1, 0.15) is 11.5 Å². The fraction of sp³-hybridized carbons (Fsp3) is 0.167. The maximum Gasteiger partial charge on any atom is 0.276 e. The third kappa shape index (κ3) is 7.64. The monoisotopic (exact) mass is 496 g/mol. The van der Waals surface area contributed by atoms with Gasteiger partial charge in [-0.15, -0.1) is 0 Å². The summed E-state index contributed by atoms with van der Waals surface area (Å²) in [6, 6.07) is 10.7. The number of amides is 2. The molecule has 0 radical (unpaired) electrons. The molecule has 12 heteroatoms. The molecule has 10 nitrogen and oxygen atoms in total. The fourth-order valence-electron chi connectivity index (χ4n) is 2.04. The molecule has 2 aromatic rings. The zero-order valence-corrected chi connectivity index (χ0v) is 18.0. The van der Waals surface area contributed by atoms with E-state index in [9.17, 15) is 19.7 Å². The summed E-state index contributed by atoms with van der Waals surface area (Å²) >= 11 is 8.26. The van der Waals surface area contributed by atoms with Crippen molar-refractivity contribution in [3.8, 4) is 11.5 Å². The van der Waals surface area contributed by atoms with E-state index in [-0.39, 0.29) is 29.8 Å². The normalized spacial score (nSPS) is 9.93. The number of aryl methyl sites for hydroxylation is 1. The second-order valence-corrected chi connectivity index (χ2v) is 7.08. The third-order valence-corrected chi connectivity index (χ3v) is 4.26. The number of non-ortho nitro benzene ring substituents is 1. The summed E-state index contributed by atoms with van der Waals surface area (Å²) < 4.78 is 11.3. The van der Waals surface area contributed by atoms with E-state index in [1.807, 2.05) is 19.1 Å². The van der Waals surface area contributed by atoms with Gasteiger partial charge in [0.05, 0.1) is 9.40 Å². The standard InChI is InChI=1S/C18H17BrN4O6S/c1-11-2-7-15(14(19)8-11)29-9-16(24)20-18(30)22-21-17(25)10-28-13-5-3-12(4-6-13)23(26)27/h2-8H,9-10H2,1H3,(H,21,25)(H2,20,22,24,30). The summed E-state index contributed by atoms with van der Waals surface area (Å²) in [7, 11) is 0. The summed E-state index contributed by atoms with van der Waals surface area (Å²) in [5.74, 6) is -0.307. The van der Waals surface area contributed by atoms with Crippen LogP contribution in [0.3, 0.4) is 0 Å². The van der Waals surface area contributed by atoms with Gasteiger partial charge in [-0.1, -0.05) is 6.07 Å². The molecule has 2 rings (SSSR count). The van der Waals surface area contributed by atoms with Crippen LogP contribution in [-0.2, 0) is 9.59 Å². The Morgan fingerprint density at radius 1 is 1.07 bits per heavy atom. The molecule has 0 aromatic heterocycles. The Hall–Kier alpha value is -3.25. The first-order valence-corrected chi connectivity index (χ1v) is 9.59. The second-order valence-electron chi connectivity index (χ2n) is 5.81. The minimum atomic E-state index is -0.579. The lowest BCUT2D eigenvalue weighted by Gasteiger charge is -2.12. The molecule has 158 valence electrons. The summed E-state index contributed by atoms with van der Waals surface area (Å²) in [6.45, 7) is 1.28. The molecule has 30 heavy (non-hydrogen) atoms. The number of benzene rings is 2. The van der Waals surface area contributed by atoms with Crippen LogP contribution in [0, 0.1) is 17.0 Å². The van der Waals surface area contributed by atoms with Crippen LogP contribution in [-0.4, -0.2) is 35.1 Å². The summed E-state index contributed by atoms with van der Waals surface area (Å²) in [5, 5.41) is 12.8. The van der Waals surface area contributed by atoms with Crippen LogP contribution >= 0.6 is 28.1 Å². The molecule has 0 atom stereocenters.